The van der Waals surface area contributed by atoms with Crippen LogP contribution in [0.4, 0.5) is 0 Å². The van der Waals surface area contributed by atoms with E-state index in [4.69, 9.17) is 0 Å². The molecule has 2 rings (SSSR count). The summed E-state index contributed by atoms with van der Waals surface area (Å²) < 4.78 is 0.569. The molecule has 1 fully saturated rings. The molecule has 1 aliphatic heterocycles. The van der Waals surface area contributed by atoms with Crippen LogP contribution in [0.1, 0.15) is 12.8 Å². The zero-order valence-electron chi connectivity index (χ0n) is 5.93. The fraction of sp³-hybridized carbons (Fsp3) is 0.375. The number of allylic oxidation sites excluding steroid dienone is 3. The summed E-state index contributed by atoms with van der Waals surface area (Å²) >= 11 is 2.38. The van der Waals surface area contributed by atoms with E-state index >= 15 is 0 Å². The van der Waals surface area contributed by atoms with E-state index in [1.807, 2.05) is 0 Å². The Hall–Kier alpha value is -0.320. The van der Waals surface area contributed by atoms with Crippen LogP contribution in [0, 0.1) is 0 Å². The first-order chi connectivity index (χ1) is 5.25. The van der Waals surface area contributed by atoms with Crippen LogP contribution in [0.25, 0.3) is 0 Å². The molecule has 1 unspecified atom stereocenters. The molecule has 0 radical (unpaired) electrons. The third kappa shape index (κ3) is 1.34. The van der Waals surface area contributed by atoms with Crippen molar-refractivity contribution in [2.75, 3.05) is 0 Å². The molecule has 0 aromatic rings. The Labute approximate surface area is 78.9 Å². The monoisotopic (exact) mass is 261 g/mol. The van der Waals surface area contributed by atoms with Crippen LogP contribution in [-0.4, -0.2) is 9.83 Å². The van der Waals surface area contributed by atoms with Crippen LogP contribution in [0.15, 0.2) is 23.4 Å². The molecule has 58 valence electrons. The summed E-state index contributed by atoms with van der Waals surface area (Å²) in [4.78, 5) is 10.9. The first-order valence-corrected chi connectivity index (χ1v) is 4.85. The van der Waals surface area contributed by atoms with E-state index in [0.717, 1.165) is 12.1 Å². The van der Waals surface area contributed by atoms with Gasteiger partial charge in [0.05, 0.1) is 6.42 Å². The van der Waals surface area contributed by atoms with Gasteiger partial charge in [0, 0.05) is 9.62 Å². The average molecular weight is 261 g/mol. The minimum Gasteiger partial charge on any atom is -0.326 e. The molecule has 0 aromatic heterocycles. The predicted octanol–water partition coefficient (Wildman–Crippen LogP) is 1.52. The summed E-state index contributed by atoms with van der Waals surface area (Å²) in [5.74, 6) is 0.132. The molecule has 2 aliphatic rings. The van der Waals surface area contributed by atoms with Crippen molar-refractivity contribution < 1.29 is 4.79 Å². The second kappa shape index (κ2) is 2.62. The van der Waals surface area contributed by atoms with Crippen molar-refractivity contribution in [1.82, 2.24) is 5.32 Å². The normalized spacial score (nSPS) is 28.8. The maximum Gasteiger partial charge on any atom is 0.228 e. The summed E-state index contributed by atoms with van der Waals surface area (Å²) in [6.45, 7) is 0. The summed E-state index contributed by atoms with van der Waals surface area (Å²) in [7, 11) is 0. The highest BCUT2D eigenvalue weighted by Crippen LogP contribution is 2.27. The molecular weight excluding hydrogens is 253 g/mol. The van der Waals surface area contributed by atoms with Gasteiger partial charge >= 0.3 is 0 Å². The highest BCUT2D eigenvalue weighted by molar-refractivity contribution is 14.1. The van der Waals surface area contributed by atoms with E-state index < -0.39 is 0 Å². The first-order valence-electron chi connectivity index (χ1n) is 3.61. The largest absolute Gasteiger partial charge is 0.326 e. The molecule has 1 N–H and O–H groups in total. The first kappa shape index (κ1) is 7.34. The van der Waals surface area contributed by atoms with Gasteiger partial charge in [-0.3, -0.25) is 4.79 Å². The maximum atomic E-state index is 10.9. The Morgan fingerprint density at radius 2 is 2.45 bits per heavy atom. The lowest BCUT2D eigenvalue weighted by atomic mass is 10.0. The van der Waals surface area contributed by atoms with E-state index in [0.29, 0.717) is 10.3 Å². The molecule has 0 aromatic carbocycles. The SMILES string of the molecule is O=C1CC2=CC(I)CC=C2N1. The summed E-state index contributed by atoms with van der Waals surface area (Å²) in [5, 5.41) is 2.83. The number of carbonyl (C=O) groups is 1. The van der Waals surface area contributed by atoms with Gasteiger partial charge in [-0.1, -0.05) is 34.7 Å². The van der Waals surface area contributed by atoms with Crippen LogP contribution < -0.4 is 5.32 Å². The van der Waals surface area contributed by atoms with Gasteiger partial charge in [-0.05, 0) is 12.0 Å². The van der Waals surface area contributed by atoms with Gasteiger partial charge in [0.15, 0.2) is 0 Å². The van der Waals surface area contributed by atoms with Crippen molar-refractivity contribution in [3.8, 4) is 0 Å². The maximum absolute atomic E-state index is 10.9. The standard InChI is InChI=1S/C8H8INO/c9-6-1-2-7-5(3-6)4-8(11)10-7/h2-3,6H,1,4H2,(H,10,11). The molecule has 1 amide bonds. The van der Waals surface area contributed by atoms with E-state index in [9.17, 15) is 4.79 Å². The second-order valence-corrected chi connectivity index (χ2v) is 4.39. The quantitative estimate of drug-likeness (QED) is 0.520. The van der Waals surface area contributed by atoms with Crippen LogP contribution in [0.5, 0.6) is 0 Å². The summed E-state index contributed by atoms with van der Waals surface area (Å²) in [6, 6.07) is 0. The Balaban J connectivity index is 2.31. The number of nitrogens with one attached hydrogen (secondary N) is 1. The van der Waals surface area contributed by atoms with Crippen LogP contribution in [-0.2, 0) is 4.79 Å². The van der Waals surface area contributed by atoms with Crippen molar-refractivity contribution in [3.63, 3.8) is 0 Å². The number of hydrogen-bond acceptors (Lipinski definition) is 1. The van der Waals surface area contributed by atoms with Gasteiger partial charge in [0.1, 0.15) is 0 Å². The Kier molecular flexibility index (Phi) is 1.75. The van der Waals surface area contributed by atoms with Gasteiger partial charge in [0.2, 0.25) is 5.91 Å². The zero-order chi connectivity index (χ0) is 7.84. The van der Waals surface area contributed by atoms with Crippen LogP contribution in [0.3, 0.4) is 0 Å². The van der Waals surface area contributed by atoms with Gasteiger partial charge in [-0.25, -0.2) is 0 Å². The number of alkyl halides is 1. The third-order valence-electron chi connectivity index (χ3n) is 1.90. The Bertz CT molecular complexity index is 267. The molecule has 1 atom stereocenters. The lowest BCUT2D eigenvalue weighted by Crippen LogP contribution is -2.13. The van der Waals surface area contributed by atoms with Crippen molar-refractivity contribution in [2.45, 2.75) is 16.8 Å². The fourth-order valence-electron chi connectivity index (χ4n) is 1.39. The molecule has 0 bridgehead atoms. The minimum absolute atomic E-state index is 0.132. The van der Waals surface area contributed by atoms with E-state index in [1.165, 1.54) is 5.57 Å². The van der Waals surface area contributed by atoms with Crippen molar-refractivity contribution in [3.05, 3.63) is 23.4 Å². The number of halogens is 1. The van der Waals surface area contributed by atoms with Gasteiger partial charge in [-0.15, -0.1) is 0 Å². The second-order valence-electron chi connectivity index (χ2n) is 2.79. The van der Waals surface area contributed by atoms with Crippen molar-refractivity contribution >= 4 is 28.5 Å². The minimum atomic E-state index is 0.132. The molecule has 1 aliphatic carbocycles. The molecular formula is C8H8INO. The molecule has 1 saturated heterocycles. The average Bonchev–Trinajstić information content (AvgIpc) is 2.27. The highest BCUT2D eigenvalue weighted by Gasteiger charge is 2.23. The summed E-state index contributed by atoms with van der Waals surface area (Å²) in [6.07, 6.45) is 5.90. The number of hydrogen-bond donors (Lipinski definition) is 1. The smallest absolute Gasteiger partial charge is 0.228 e. The summed E-state index contributed by atoms with van der Waals surface area (Å²) in [5.41, 5.74) is 2.23. The number of fused-ring (bicyclic) bond motifs is 1. The molecule has 3 heteroatoms. The molecule has 0 saturated carbocycles. The topological polar surface area (TPSA) is 29.1 Å². The van der Waals surface area contributed by atoms with Crippen LogP contribution >= 0.6 is 22.6 Å². The lowest BCUT2D eigenvalue weighted by molar-refractivity contribution is -0.118. The van der Waals surface area contributed by atoms with E-state index in [-0.39, 0.29) is 5.91 Å². The van der Waals surface area contributed by atoms with Crippen LogP contribution in [0.2, 0.25) is 0 Å². The van der Waals surface area contributed by atoms with E-state index in [1.54, 1.807) is 0 Å². The predicted molar refractivity (Wildman–Crippen MR) is 51.4 cm³/mol. The third-order valence-corrected chi connectivity index (χ3v) is 2.77. The molecule has 2 nitrogen and oxygen atoms in total. The zero-order valence-corrected chi connectivity index (χ0v) is 8.09. The lowest BCUT2D eigenvalue weighted by Gasteiger charge is -2.10. The number of carbonyl (C=O) groups excluding carboxylic acids is 1. The number of amides is 1. The number of rotatable bonds is 0. The van der Waals surface area contributed by atoms with Crippen molar-refractivity contribution in [2.24, 2.45) is 0 Å². The van der Waals surface area contributed by atoms with Gasteiger partial charge in [0.25, 0.3) is 0 Å². The fourth-order valence-corrected chi connectivity index (χ4v) is 2.08. The van der Waals surface area contributed by atoms with Crippen molar-refractivity contribution in [1.29, 1.82) is 0 Å². The highest BCUT2D eigenvalue weighted by atomic mass is 127. The van der Waals surface area contributed by atoms with E-state index in [2.05, 4.69) is 40.1 Å². The van der Waals surface area contributed by atoms with Gasteiger partial charge < -0.3 is 5.32 Å². The Morgan fingerprint density at radius 3 is 3.27 bits per heavy atom. The van der Waals surface area contributed by atoms with Gasteiger partial charge in [-0.2, -0.15) is 0 Å². The molecule has 0 spiro atoms. The molecule has 1 heterocycles. The molecule has 11 heavy (non-hydrogen) atoms. The Morgan fingerprint density at radius 1 is 1.64 bits per heavy atom.